The molecule has 2 aromatic heterocycles. The molecule has 0 amide bonds. The van der Waals surface area contributed by atoms with E-state index in [0.717, 1.165) is 0 Å². The molecule has 2 rings (SSSR count). The van der Waals surface area contributed by atoms with E-state index in [2.05, 4.69) is 24.9 Å². The molecule has 0 saturated heterocycles. The zero-order valence-corrected chi connectivity index (χ0v) is 6.84. The minimum atomic E-state index is 0.395. The van der Waals surface area contributed by atoms with Gasteiger partial charge in [-0.2, -0.15) is 10.1 Å². The number of nitrogens with zero attached hydrogens (tertiary/aromatic N) is 4. The molecule has 0 aliphatic carbocycles. The highest BCUT2D eigenvalue weighted by atomic mass is 16.5. The second-order valence-electron chi connectivity index (χ2n) is 2.24. The monoisotopic (exact) mass is 178 g/mol. The number of rotatable bonds is 2. The summed E-state index contributed by atoms with van der Waals surface area (Å²) in [6, 6.07) is 1.68. The predicted octanol–water partition coefficient (Wildman–Crippen LogP) is 0.535. The Labute approximate surface area is 73.6 Å². The lowest BCUT2D eigenvalue weighted by Gasteiger charge is -1.97. The fourth-order valence-electron chi connectivity index (χ4n) is 0.853. The maximum atomic E-state index is 4.96. The molecule has 2 aromatic rings. The van der Waals surface area contributed by atoms with Crippen LogP contribution in [0.25, 0.3) is 11.5 Å². The molecule has 6 heteroatoms. The highest BCUT2D eigenvalue weighted by molar-refractivity contribution is 5.49. The molecule has 0 atom stereocenters. The van der Waals surface area contributed by atoms with Crippen molar-refractivity contribution in [3.63, 3.8) is 0 Å². The van der Waals surface area contributed by atoms with E-state index in [9.17, 15) is 0 Å². The van der Waals surface area contributed by atoms with Crippen molar-refractivity contribution in [3.8, 4) is 17.3 Å². The van der Waals surface area contributed by atoms with Gasteiger partial charge in [0, 0.05) is 6.07 Å². The summed E-state index contributed by atoms with van der Waals surface area (Å²) in [6.45, 7) is 0. The Hall–Kier alpha value is -1.98. The number of methoxy groups -OCH3 is 1. The first-order chi connectivity index (χ1) is 6.40. The van der Waals surface area contributed by atoms with Crippen molar-refractivity contribution >= 4 is 0 Å². The molecule has 0 aliphatic heterocycles. The first kappa shape index (κ1) is 7.66. The second-order valence-corrected chi connectivity index (χ2v) is 2.24. The highest BCUT2D eigenvalue weighted by Gasteiger charge is 2.05. The average Bonchev–Trinajstić information content (AvgIpc) is 2.71. The van der Waals surface area contributed by atoms with Crippen LogP contribution in [0.4, 0.5) is 0 Å². The maximum Gasteiger partial charge on any atom is 0.222 e. The van der Waals surface area contributed by atoms with E-state index >= 15 is 0 Å². The molecule has 0 aromatic carbocycles. The third-order valence-electron chi connectivity index (χ3n) is 1.46. The van der Waals surface area contributed by atoms with Crippen LogP contribution in [0.1, 0.15) is 0 Å². The Morgan fingerprint density at radius 2 is 2.38 bits per heavy atom. The van der Waals surface area contributed by atoms with Gasteiger partial charge >= 0.3 is 0 Å². The number of ether oxygens (including phenoxy) is 1. The highest BCUT2D eigenvalue weighted by Crippen LogP contribution is 2.15. The van der Waals surface area contributed by atoms with Crippen molar-refractivity contribution in [2.45, 2.75) is 0 Å². The number of aromatic nitrogens is 4. The van der Waals surface area contributed by atoms with Gasteiger partial charge in [-0.25, -0.2) is 0 Å². The molecule has 0 saturated carbocycles. The lowest BCUT2D eigenvalue weighted by atomic mass is 10.3. The molecule has 0 unspecified atom stereocenters. The minimum Gasteiger partial charge on any atom is -0.495 e. The van der Waals surface area contributed by atoms with Crippen LogP contribution >= 0.6 is 0 Å². The van der Waals surface area contributed by atoms with Gasteiger partial charge in [0.2, 0.25) is 12.2 Å². The number of hydrogen-bond acceptors (Lipinski definition) is 6. The van der Waals surface area contributed by atoms with Gasteiger partial charge in [0.05, 0.1) is 13.3 Å². The third-order valence-corrected chi connectivity index (χ3v) is 1.46. The van der Waals surface area contributed by atoms with Gasteiger partial charge in [-0.3, -0.25) is 0 Å². The van der Waals surface area contributed by atoms with Gasteiger partial charge in [0.25, 0.3) is 0 Å². The molecule has 0 N–H and O–H groups in total. The first-order valence-corrected chi connectivity index (χ1v) is 3.53. The van der Waals surface area contributed by atoms with Crippen molar-refractivity contribution in [2.24, 2.45) is 0 Å². The molecular formula is C7H6N4O2. The Bertz CT molecular complexity index is 387. The fourth-order valence-corrected chi connectivity index (χ4v) is 0.853. The predicted molar refractivity (Wildman–Crippen MR) is 41.9 cm³/mol. The molecule has 0 aliphatic rings. The fraction of sp³-hybridized carbons (Fsp3) is 0.143. The standard InChI is InChI=1S/C7H6N4O2/c1-12-5-2-6(10-9-3-5)7-8-4-13-11-7/h2-4H,1H3. The van der Waals surface area contributed by atoms with Gasteiger partial charge < -0.3 is 9.26 Å². The van der Waals surface area contributed by atoms with Crippen LogP contribution in [0.15, 0.2) is 23.2 Å². The van der Waals surface area contributed by atoms with E-state index in [4.69, 9.17) is 4.74 Å². The Kier molecular flexibility index (Phi) is 1.87. The summed E-state index contributed by atoms with van der Waals surface area (Å²) in [5.74, 6) is 1.00. The van der Waals surface area contributed by atoms with Crippen LogP contribution < -0.4 is 4.74 Å². The van der Waals surface area contributed by atoms with Gasteiger partial charge in [-0.1, -0.05) is 5.16 Å². The van der Waals surface area contributed by atoms with Crippen molar-refractivity contribution in [1.29, 1.82) is 0 Å². The molecule has 0 spiro atoms. The van der Waals surface area contributed by atoms with Crippen LogP contribution in [-0.2, 0) is 0 Å². The molecule has 0 bridgehead atoms. The van der Waals surface area contributed by atoms with Crippen molar-refractivity contribution in [2.75, 3.05) is 7.11 Å². The zero-order chi connectivity index (χ0) is 9.10. The summed E-state index contributed by atoms with van der Waals surface area (Å²) in [5.41, 5.74) is 0.521. The summed E-state index contributed by atoms with van der Waals surface area (Å²) in [6.07, 6.45) is 2.74. The van der Waals surface area contributed by atoms with Crippen LogP contribution in [-0.4, -0.2) is 27.4 Å². The van der Waals surface area contributed by atoms with Crippen molar-refractivity contribution in [1.82, 2.24) is 20.3 Å². The van der Waals surface area contributed by atoms with E-state index in [-0.39, 0.29) is 0 Å². The number of hydrogen-bond donors (Lipinski definition) is 0. The van der Waals surface area contributed by atoms with E-state index < -0.39 is 0 Å². The molecule has 2 heterocycles. The minimum absolute atomic E-state index is 0.395. The summed E-state index contributed by atoms with van der Waals surface area (Å²) in [5, 5.41) is 11.1. The maximum absolute atomic E-state index is 4.96. The zero-order valence-electron chi connectivity index (χ0n) is 6.84. The second kappa shape index (κ2) is 3.18. The molecule has 66 valence electrons. The van der Waals surface area contributed by atoms with E-state index in [1.165, 1.54) is 12.6 Å². The molecular weight excluding hydrogens is 172 g/mol. The van der Waals surface area contributed by atoms with Crippen LogP contribution in [0.3, 0.4) is 0 Å². The first-order valence-electron chi connectivity index (χ1n) is 3.53. The SMILES string of the molecule is COc1cnnc(-c2ncon2)c1. The van der Waals surface area contributed by atoms with Crippen LogP contribution in [0, 0.1) is 0 Å². The van der Waals surface area contributed by atoms with Crippen LogP contribution in [0.2, 0.25) is 0 Å². The van der Waals surface area contributed by atoms with Gasteiger partial charge in [0.1, 0.15) is 11.4 Å². The van der Waals surface area contributed by atoms with E-state index in [1.807, 2.05) is 0 Å². The smallest absolute Gasteiger partial charge is 0.222 e. The van der Waals surface area contributed by atoms with Crippen molar-refractivity contribution < 1.29 is 9.26 Å². The molecule has 0 radical (unpaired) electrons. The van der Waals surface area contributed by atoms with Gasteiger partial charge in [0.15, 0.2) is 0 Å². The Balaban J connectivity index is 2.41. The Morgan fingerprint density at radius 1 is 1.46 bits per heavy atom. The topological polar surface area (TPSA) is 73.9 Å². The molecule has 6 nitrogen and oxygen atoms in total. The van der Waals surface area contributed by atoms with Gasteiger partial charge in [-0.05, 0) is 0 Å². The summed E-state index contributed by atoms with van der Waals surface area (Å²) >= 11 is 0. The Morgan fingerprint density at radius 3 is 3.08 bits per heavy atom. The van der Waals surface area contributed by atoms with Crippen molar-refractivity contribution in [3.05, 3.63) is 18.7 Å². The van der Waals surface area contributed by atoms with E-state index in [0.29, 0.717) is 17.3 Å². The van der Waals surface area contributed by atoms with Crippen LogP contribution in [0.5, 0.6) is 5.75 Å². The van der Waals surface area contributed by atoms with Gasteiger partial charge in [-0.15, -0.1) is 5.10 Å². The quantitative estimate of drug-likeness (QED) is 0.667. The normalized spacial score (nSPS) is 9.92. The lowest BCUT2D eigenvalue weighted by molar-refractivity contribution is 0.411. The third kappa shape index (κ3) is 1.46. The lowest BCUT2D eigenvalue weighted by Crippen LogP contribution is -1.91. The molecule has 13 heavy (non-hydrogen) atoms. The molecule has 0 fully saturated rings. The average molecular weight is 178 g/mol. The largest absolute Gasteiger partial charge is 0.495 e. The summed E-state index contributed by atoms with van der Waals surface area (Å²) in [7, 11) is 1.55. The van der Waals surface area contributed by atoms with E-state index in [1.54, 1.807) is 13.2 Å². The summed E-state index contributed by atoms with van der Waals surface area (Å²) < 4.78 is 9.54. The summed E-state index contributed by atoms with van der Waals surface area (Å²) in [4.78, 5) is 3.83.